The first-order chi connectivity index (χ1) is 14.9. The number of anilines is 1. The summed E-state index contributed by atoms with van der Waals surface area (Å²) in [5.74, 6) is -0.604. The van der Waals surface area contributed by atoms with Gasteiger partial charge in [-0.25, -0.2) is 4.98 Å². The number of nitrogens with one attached hydrogen (secondary N) is 2. The lowest BCUT2D eigenvalue weighted by Gasteiger charge is -2.11. The van der Waals surface area contributed by atoms with Gasteiger partial charge in [-0.2, -0.15) is 0 Å². The van der Waals surface area contributed by atoms with E-state index < -0.39 is 0 Å². The largest absolute Gasteiger partial charge is 0.321 e. The summed E-state index contributed by atoms with van der Waals surface area (Å²) >= 11 is 7.40. The number of hydrogen-bond acceptors (Lipinski definition) is 5. The molecule has 6 nitrogen and oxygen atoms in total. The van der Waals surface area contributed by atoms with E-state index in [1.54, 1.807) is 49.5 Å². The van der Waals surface area contributed by atoms with Gasteiger partial charge in [0.25, 0.3) is 11.8 Å². The fourth-order valence-corrected chi connectivity index (χ4v) is 3.66. The Bertz CT molecular complexity index is 1130. The zero-order chi connectivity index (χ0) is 23.0. The van der Waals surface area contributed by atoms with Crippen LogP contribution in [0.4, 0.5) is 5.13 Å². The number of halogens is 1. The summed E-state index contributed by atoms with van der Waals surface area (Å²) in [7, 11) is 0. The van der Waals surface area contributed by atoms with Crippen molar-refractivity contribution in [2.45, 2.75) is 34.6 Å². The van der Waals surface area contributed by atoms with E-state index >= 15 is 0 Å². The van der Waals surface area contributed by atoms with Crippen LogP contribution in [-0.4, -0.2) is 21.8 Å². The number of allylic oxidation sites excluding steroid dienone is 3. The van der Waals surface area contributed by atoms with Crippen molar-refractivity contribution in [3.8, 4) is 0 Å². The zero-order valence-electron chi connectivity index (χ0n) is 18.1. The van der Waals surface area contributed by atoms with Crippen molar-refractivity contribution >= 4 is 50.1 Å². The maximum Gasteiger partial charge on any atom is 0.276 e. The van der Waals surface area contributed by atoms with Crippen molar-refractivity contribution in [1.82, 2.24) is 15.3 Å². The van der Waals surface area contributed by atoms with Crippen molar-refractivity contribution in [2.75, 3.05) is 5.32 Å². The van der Waals surface area contributed by atoms with E-state index in [2.05, 4.69) is 20.6 Å². The van der Waals surface area contributed by atoms with Gasteiger partial charge in [0, 0.05) is 16.8 Å². The molecule has 3 rings (SSSR count). The Kier molecular flexibility index (Phi) is 8.90. The Balaban J connectivity index is 0.00000166. The molecule has 162 valence electrons. The number of carbonyl (C=O) groups is 2. The summed E-state index contributed by atoms with van der Waals surface area (Å²) < 4.78 is 0.782. The third-order valence-electron chi connectivity index (χ3n) is 4.18. The predicted molar refractivity (Wildman–Crippen MR) is 129 cm³/mol. The molecule has 3 aromatic rings. The summed E-state index contributed by atoms with van der Waals surface area (Å²) in [6.45, 7) is 9.49. The Morgan fingerprint density at radius 1 is 1.10 bits per heavy atom. The molecule has 2 aromatic heterocycles. The molecular formula is C23H25ClN4O2S. The average molecular weight is 457 g/mol. The van der Waals surface area contributed by atoms with E-state index in [0.717, 1.165) is 10.3 Å². The summed E-state index contributed by atoms with van der Waals surface area (Å²) in [4.78, 5) is 33.3. The van der Waals surface area contributed by atoms with Gasteiger partial charge >= 0.3 is 0 Å². The minimum absolute atomic E-state index is 0.268. The third kappa shape index (κ3) is 6.23. The lowest BCUT2D eigenvalue weighted by atomic mass is 10.1. The molecule has 0 radical (unpaired) electrons. The molecule has 0 atom stereocenters. The van der Waals surface area contributed by atoms with Gasteiger partial charge in [-0.1, -0.05) is 48.9 Å². The summed E-state index contributed by atoms with van der Waals surface area (Å²) in [6.07, 6.45) is 3.43. The molecule has 1 aromatic carbocycles. The molecule has 0 saturated heterocycles. The van der Waals surface area contributed by atoms with Gasteiger partial charge in [0.15, 0.2) is 5.13 Å². The van der Waals surface area contributed by atoms with E-state index in [1.165, 1.54) is 11.3 Å². The van der Waals surface area contributed by atoms with Crippen LogP contribution in [0.1, 0.15) is 55.5 Å². The van der Waals surface area contributed by atoms with Crippen LogP contribution in [-0.2, 0) is 0 Å². The number of pyridine rings is 1. The lowest BCUT2D eigenvalue weighted by Crippen LogP contribution is -2.24. The van der Waals surface area contributed by atoms with Gasteiger partial charge in [-0.05, 0) is 56.7 Å². The van der Waals surface area contributed by atoms with Crippen molar-refractivity contribution in [2.24, 2.45) is 0 Å². The standard InChI is InChI=1S/C21H19ClN4O2S.C2H6/c1-4-12(2)18(13(3)22)25-19(27)14-8-9-15-17(11-14)29-21(24-15)26-20(28)16-7-5-6-10-23-16;1-2/h4-11H,1-3H3,(H,25,27)(H,24,26,28);1-2H3/b12-4-,18-13-;. The van der Waals surface area contributed by atoms with Gasteiger partial charge in [0.05, 0.1) is 15.9 Å². The number of benzene rings is 1. The third-order valence-corrected chi connectivity index (χ3v) is 5.30. The molecule has 31 heavy (non-hydrogen) atoms. The van der Waals surface area contributed by atoms with E-state index in [-0.39, 0.29) is 11.8 Å². The Hall–Kier alpha value is -3.03. The van der Waals surface area contributed by atoms with Gasteiger partial charge < -0.3 is 5.32 Å². The first kappa shape index (κ1) is 24.2. The van der Waals surface area contributed by atoms with Crippen LogP contribution in [0, 0.1) is 0 Å². The SMILES string of the molecule is C/C=C(C)\C(NC(=O)c1ccc2nc(NC(=O)c3ccccn3)sc2c1)=C(/C)Cl.CC. The minimum atomic E-state index is -0.336. The molecule has 0 fully saturated rings. The molecule has 0 unspecified atom stereocenters. The quantitative estimate of drug-likeness (QED) is 0.452. The first-order valence-electron chi connectivity index (χ1n) is 9.83. The molecule has 0 spiro atoms. The second-order valence-electron chi connectivity index (χ2n) is 6.20. The highest BCUT2D eigenvalue weighted by molar-refractivity contribution is 7.22. The summed E-state index contributed by atoms with van der Waals surface area (Å²) in [5.41, 5.74) is 2.94. The van der Waals surface area contributed by atoms with E-state index in [4.69, 9.17) is 11.6 Å². The zero-order valence-corrected chi connectivity index (χ0v) is 19.7. The Labute approximate surface area is 191 Å². The molecule has 0 aliphatic rings. The van der Waals surface area contributed by atoms with Crippen LogP contribution in [0.3, 0.4) is 0 Å². The maximum absolute atomic E-state index is 12.7. The molecule has 0 aliphatic heterocycles. The average Bonchev–Trinajstić information content (AvgIpc) is 3.19. The molecule has 8 heteroatoms. The van der Waals surface area contributed by atoms with Gasteiger partial charge in [-0.15, -0.1) is 0 Å². The minimum Gasteiger partial charge on any atom is -0.321 e. The van der Waals surface area contributed by atoms with Crippen molar-refractivity contribution in [3.05, 3.63) is 76.2 Å². The fourth-order valence-electron chi connectivity index (χ4n) is 2.56. The van der Waals surface area contributed by atoms with Crippen LogP contribution in [0.15, 0.2) is 65.0 Å². The van der Waals surface area contributed by atoms with E-state index in [9.17, 15) is 9.59 Å². The van der Waals surface area contributed by atoms with Gasteiger partial charge in [0.2, 0.25) is 0 Å². The maximum atomic E-state index is 12.7. The summed E-state index contributed by atoms with van der Waals surface area (Å²) in [6, 6.07) is 10.3. The second kappa shape index (κ2) is 11.4. The highest BCUT2D eigenvalue weighted by atomic mass is 35.5. The Morgan fingerprint density at radius 3 is 2.45 bits per heavy atom. The highest BCUT2D eigenvalue weighted by Gasteiger charge is 2.14. The number of rotatable bonds is 5. The second-order valence-corrected chi connectivity index (χ2v) is 7.80. The lowest BCUT2D eigenvalue weighted by molar-refractivity contribution is 0.0965. The number of fused-ring (bicyclic) bond motifs is 1. The van der Waals surface area contributed by atoms with Crippen LogP contribution < -0.4 is 10.6 Å². The molecule has 0 saturated carbocycles. The van der Waals surface area contributed by atoms with Crippen molar-refractivity contribution < 1.29 is 9.59 Å². The number of aromatic nitrogens is 2. The molecule has 2 heterocycles. The van der Waals surface area contributed by atoms with E-state index in [1.807, 2.05) is 33.8 Å². The molecule has 2 amide bonds. The number of hydrogen-bond donors (Lipinski definition) is 2. The van der Waals surface area contributed by atoms with Crippen LogP contribution in [0.25, 0.3) is 10.2 Å². The van der Waals surface area contributed by atoms with Crippen molar-refractivity contribution in [3.63, 3.8) is 0 Å². The molecule has 0 aliphatic carbocycles. The van der Waals surface area contributed by atoms with Crippen LogP contribution in [0.5, 0.6) is 0 Å². The van der Waals surface area contributed by atoms with Crippen LogP contribution in [0.2, 0.25) is 0 Å². The number of nitrogens with zero attached hydrogens (tertiary/aromatic N) is 2. The topological polar surface area (TPSA) is 84.0 Å². The highest BCUT2D eigenvalue weighted by Crippen LogP contribution is 2.27. The molecule has 2 N–H and O–H groups in total. The molecular weight excluding hydrogens is 432 g/mol. The van der Waals surface area contributed by atoms with Crippen LogP contribution >= 0.6 is 22.9 Å². The number of carbonyl (C=O) groups excluding carboxylic acids is 2. The fraction of sp³-hybridized carbons (Fsp3) is 0.217. The van der Waals surface area contributed by atoms with E-state index in [0.29, 0.717) is 32.6 Å². The normalized spacial score (nSPS) is 11.9. The van der Waals surface area contributed by atoms with Gasteiger partial charge in [0.1, 0.15) is 5.69 Å². The molecule has 0 bridgehead atoms. The monoisotopic (exact) mass is 456 g/mol. The number of thiazole rings is 1. The van der Waals surface area contributed by atoms with Crippen molar-refractivity contribution in [1.29, 1.82) is 0 Å². The smallest absolute Gasteiger partial charge is 0.276 e. The summed E-state index contributed by atoms with van der Waals surface area (Å²) in [5, 5.41) is 6.54. The number of amides is 2. The van der Waals surface area contributed by atoms with Gasteiger partial charge in [-0.3, -0.25) is 19.9 Å². The first-order valence-corrected chi connectivity index (χ1v) is 11.0. The predicted octanol–water partition coefficient (Wildman–Crippen LogP) is 6.14. The Morgan fingerprint density at radius 2 is 1.84 bits per heavy atom.